The molecule has 0 unspecified atom stereocenters. The first-order valence-electron chi connectivity index (χ1n) is 3.23. The number of carbonyl (C=O) groups is 1. The summed E-state index contributed by atoms with van der Waals surface area (Å²) in [5.74, 6) is -0.407. The third kappa shape index (κ3) is 0.724. The molecule has 0 fully saturated rings. The van der Waals surface area contributed by atoms with Crippen LogP contribution < -0.4 is 5.73 Å². The second kappa shape index (κ2) is 1.88. The van der Waals surface area contributed by atoms with Crippen molar-refractivity contribution in [3.05, 3.63) is 30.1 Å². The highest BCUT2D eigenvalue weighted by molar-refractivity contribution is 5.99. The number of hydrogen-bond acceptors (Lipinski definition) is 1. The number of nitrogens with one attached hydrogen (secondary N) is 1. The molecular formula is C7H7N3O. The number of hydrogen-bond donors (Lipinski definition) is 2. The average molecular weight is 149 g/mol. The highest BCUT2D eigenvalue weighted by Crippen LogP contribution is 2.09. The van der Waals surface area contributed by atoms with E-state index in [0.717, 1.165) is 5.52 Å². The number of aromatic amines is 1. The van der Waals surface area contributed by atoms with E-state index in [1.807, 2.05) is 18.3 Å². The summed E-state index contributed by atoms with van der Waals surface area (Å²) >= 11 is 0. The SMILES string of the molecule is NC(=O)c1c[nH]n2cccc12. The summed E-state index contributed by atoms with van der Waals surface area (Å²) in [4.78, 5) is 10.8. The molecule has 0 saturated heterocycles. The van der Waals surface area contributed by atoms with Gasteiger partial charge in [-0.2, -0.15) is 0 Å². The van der Waals surface area contributed by atoms with Gasteiger partial charge in [0.1, 0.15) is 0 Å². The van der Waals surface area contributed by atoms with Crippen LogP contribution in [0.4, 0.5) is 0 Å². The second-order valence-corrected chi connectivity index (χ2v) is 2.31. The number of primary amides is 1. The molecule has 0 aliphatic carbocycles. The Balaban J connectivity index is 2.78. The van der Waals surface area contributed by atoms with Gasteiger partial charge >= 0.3 is 0 Å². The zero-order chi connectivity index (χ0) is 7.84. The number of rotatable bonds is 1. The van der Waals surface area contributed by atoms with Gasteiger partial charge in [0.05, 0.1) is 11.1 Å². The number of amides is 1. The molecule has 3 N–H and O–H groups in total. The van der Waals surface area contributed by atoms with Crippen LogP contribution in [-0.2, 0) is 0 Å². The Labute approximate surface area is 62.6 Å². The number of H-pyrrole nitrogens is 1. The highest BCUT2D eigenvalue weighted by atomic mass is 16.1. The number of aromatic nitrogens is 2. The molecule has 0 aromatic carbocycles. The molecule has 2 aromatic rings. The van der Waals surface area contributed by atoms with Gasteiger partial charge in [-0.05, 0) is 12.1 Å². The van der Waals surface area contributed by atoms with Gasteiger partial charge in [-0.3, -0.25) is 9.31 Å². The zero-order valence-electron chi connectivity index (χ0n) is 5.74. The van der Waals surface area contributed by atoms with E-state index in [9.17, 15) is 4.79 Å². The molecule has 0 aliphatic heterocycles. The second-order valence-electron chi connectivity index (χ2n) is 2.31. The first kappa shape index (κ1) is 6.03. The molecule has 4 nitrogen and oxygen atoms in total. The van der Waals surface area contributed by atoms with E-state index in [1.165, 1.54) is 0 Å². The Morgan fingerprint density at radius 3 is 3.18 bits per heavy atom. The summed E-state index contributed by atoms with van der Waals surface area (Å²) in [5, 5.41) is 2.87. The minimum atomic E-state index is -0.407. The zero-order valence-corrected chi connectivity index (χ0v) is 5.74. The third-order valence-electron chi connectivity index (χ3n) is 1.64. The molecule has 11 heavy (non-hydrogen) atoms. The van der Waals surface area contributed by atoms with Crippen LogP contribution in [0.2, 0.25) is 0 Å². The third-order valence-corrected chi connectivity index (χ3v) is 1.64. The van der Waals surface area contributed by atoms with Crippen LogP contribution in [0.5, 0.6) is 0 Å². The maximum Gasteiger partial charge on any atom is 0.252 e. The normalized spacial score (nSPS) is 10.5. The fourth-order valence-corrected chi connectivity index (χ4v) is 1.12. The molecule has 0 saturated carbocycles. The van der Waals surface area contributed by atoms with Crippen molar-refractivity contribution >= 4 is 11.4 Å². The molecule has 2 rings (SSSR count). The summed E-state index contributed by atoms with van der Waals surface area (Å²) in [6.45, 7) is 0. The lowest BCUT2D eigenvalue weighted by Gasteiger charge is -1.85. The van der Waals surface area contributed by atoms with E-state index in [4.69, 9.17) is 5.73 Å². The molecular weight excluding hydrogens is 142 g/mol. The largest absolute Gasteiger partial charge is 0.365 e. The van der Waals surface area contributed by atoms with Gasteiger partial charge < -0.3 is 10.8 Å². The van der Waals surface area contributed by atoms with Gasteiger partial charge in [0.25, 0.3) is 5.91 Å². The van der Waals surface area contributed by atoms with Gasteiger partial charge in [-0.1, -0.05) is 0 Å². The Bertz CT molecular complexity index is 398. The monoisotopic (exact) mass is 149 g/mol. The molecule has 56 valence electrons. The van der Waals surface area contributed by atoms with E-state index in [0.29, 0.717) is 5.56 Å². The molecule has 0 radical (unpaired) electrons. The first-order chi connectivity index (χ1) is 5.29. The summed E-state index contributed by atoms with van der Waals surface area (Å²) in [7, 11) is 0. The predicted molar refractivity (Wildman–Crippen MR) is 40.3 cm³/mol. The lowest BCUT2D eigenvalue weighted by molar-refractivity contribution is 0.100. The number of fused-ring (bicyclic) bond motifs is 1. The van der Waals surface area contributed by atoms with E-state index in [1.54, 1.807) is 10.7 Å². The van der Waals surface area contributed by atoms with Crippen LogP contribution in [0, 0.1) is 0 Å². The van der Waals surface area contributed by atoms with Crippen LogP contribution in [0.3, 0.4) is 0 Å². The van der Waals surface area contributed by atoms with Gasteiger partial charge in [-0.15, -0.1) is 0 Å². The van der Waals surface area contributed by atoms with Crippen molar-refractivity contribution in [2.45, 2.75) is 0 Å². The van der Waals surface area contributed by atoms with Crippen LogP contribution >= 0.6 is 0 Å². The fourth-order valence-electron chi connectivity index (χ4n) is 1.12. The smallest absolute Gasteiger partial charge is 0.252 e. The molecule has 0 spiro atoms. The van der Waals surface area contributed by atoms with Gasteiger partial charge in [0.15, 0.2) is 0 Å². The molecule has 2 heterocycles. The maximum atomic E-state index is 10.8. The fraction of sp³-hybridized carbons (Fsp3) is 0. The molecule has 2 aromatic heterocycles. The lowest BCUT2D eigenvalue weighted by atomic mass is 10.3. The average Bonchev–Trinajstić information content (AvgIpc) is 2.41. The highest BCUT2D eigenvalue weighted by Gasteiger charge is 2.06. The van der Waals surface area contributed by atoms with Crippen LogP contribution in [-0.4, -0.2) is 15.5 Å². The minimum Gasteiger partial charge on any atom is -0.365 e. The van der Waals surface area contributed by atoms with Crippen LogP contribution in [0.15, 0.2) is 24.5 Å². The van der Waals surface area contributed by atoms with E-state index < -0.39 is 5.91 Å². The Morgan fingerprint density at radius 2 is 2.45 bits per heavy atom. The van der Waals surface area contributed by atoms with E-state index >= 15 is 0 Å². The summed E-state index contributed by atoms with van der Waals surface area (Å²) < 4.78 is 1.74. The van der Waals surface area contributed by atoms with Gasteiger partial charge in [-0.25, -0.2) is 0 Å². The van der Waals surface area contributed by atoms with Gasteiger partial charge in [0.2, 0.25) is 0 Å². The lowest BCUT2D eigenvalue weighted by Crippen LogP contribution is -2.09. The molecule has 1 amide bonds. The van der Waals surface area contributed by atoms with Crippen molar-refractivity contribution < 1.29 is 4.79 Å². The molecule has 0 bridgehead atoms. The number of nitrogens with zero attached hydrogens (tertiary/aromatic N) is 1. The number of nitrogens with two attached hydrogens (primary N) is 1. The van der Waals surface area contributed by atoms with E-state index in [-0.39, 0.29) is 0 Å². The van der Waals surface area contributed by atoms with Crippen molar-refractivity contribution in [1.82, 2.24) is 9.61 Å². The van der Waals surface area contributed by atoms with Crippen molar-refractivity contribution in [2.75, 3.05) is 0 Å². The van der Waals surface area contributed by atoms with Crippen molar-refractivity contribution in [3.8, 4) is 0 Å². The Hall–Kier alpha value is -1.71. The quantitative estimate of drug-likeness (QED) is 0.604. The summed E-state index contributed by atoms with van der Waals surface area (Å²) in [6.07, 6.45) is 3.42. The van der Waals surface area contributed by atoms with Crippen molar-refractivity contribution in [3.63, 3.8) is 0 Å². The summed E-state index contributed by atoms with van der Waals surface area (Å²) in [6, 6.07) is 3.68. The minimum absolute atomic E-state index is 0.407. The van der Waals surface area contributed by atoms with Crippen molar-refractivity contribution in [2.24, 2.45) is 5.73 Å². The molecule has 4 heteroatoms. The van der Waals surface area contributed by atoms with Gasteiger partial charge in [0, 0.05) is 12.4 Å². The summed E-state index contributed by atoms with van der Waals surface area (Å²) in [5.41, 5.74) is 6.45. The predicted octanol–water partition coefficient (Wildman–Crippen LogP) is 0.366. The van der Waals surface area contributed by atoms with E-state index in [2.05, 4.69) is 5.10 Å². The Kier molecular flexibility index (Phi) is 1.03. The maximum absolute atomic E-state index is 10.8. The molecule has 0 aliphatic rings. The topological polar surface area (TPSA) is 63.3 Å². The van der Waals surface area contributed by atoms with Crippen LogP contribution in [0.1, 0.15) is 10.4 Å². The first-order valence-corrected chi connectivity index (χ1v) is 3.23. The van der Waals surface area contributed by atoms with Crippen LogP contribution in [0.25, 0.3) is 5.52 Å². The standard InChI is InChI=1S/C7H7N3O/c8-7(11)5-4-9-10-3-1-2-6(5)10/h1-4,9H,(H2,8,11). The van der Waals surface area contributed by atoms with Crippen molar-refractivity contribution in [1.29, 1.82) is 0 Å². The number of carbonyl (C=O) groups excluding carboxylic acids is 1. The Morgan fingerprint density at radius 1 is 1.64 bits per heavy atom. The molecule has 0 atom stereocenters.